The summed E-state index contributed by atoms with van der Waals surface area (Å²) in [7, 11) is 0. The average molecular weight is 213 g/mol. The van der Waals surface area contributed by atoms with E-state index in [1.165, 1.54) is 12.3 Å². The van der Waals surface area contributed by atoms with E-state index in [4.69, 9.17) is 10.2 Å². The first-order chi connectivity index (χ1) is 7.15. The summed E-state index contributed by atoms with van der Waals surface area (Å²) in [6.45, 7) is -0.305. The second-order valence-electron chi connectivity index (χ2n) is 2.85. The number of carbonyl (C=O) groups is 2. The molecule has 0 aromatic carbocycles. The van der Waals surface area contributed by atoms with Gasteiger partial charge in [-0.2, -0.15) is 5.10 Å². The predicted molar refractivity (Wildman–Crippen MR) is 49.2 cm³/mol. The van der Waals surface area contributed by atoms with Gasteiger partial charge in [0.2, 0.25) is 0 Å². The number of aliphatic hydroxyl groups excluding tert-OH is 1. The molecule has 0 saturated heterocycles. The van der Waals surface area contributed by atoms with Crippen molar-refractivity contribution in [3.63, 3.8) is 0 Å². The number of H-pyrrole nitrogens is 1. The van der Waals surface area contributed by atoms with E-state index < -0.39 is 17.9 Å². The minimum Gasteiger partial charge on any atom is -0.480 e. The third kappa shape index (κ3) is 3.06. The van der Waals surface area contributed by atoms with E-state index in [1.54, 1.807) is 0 Å². The Hall–Kier alpha value is -1.89. The van der Waals surface area contributed by atoms with E-state index in [1.807, 2.05) is 0 Å². The molecular formula is C8H11N3O4. The Bertz CT molecular complexity index is 336. The molecule has 1 heterocycles. The Morgan fingerprint density at radius 2 is 2.33 bits per heavy atom. The van der Waals surface area contributed by atoms with Gasteiger partial charge < -0.3 is 15.5 Å². The standard InChI is InChI=1S/C8H11N3O4/c12-4-2-6(8(14)15)10-7(13)5-1-3-9-11-5/h1,3,6,12H,2,4H2,(H,9,11)(H,10,13)(H,14,15)/t6-/m1/s1. The van der Waals surface area contributed by atoms with Crippen molar-refractivity contribution in [2.45, 2.75) is 12.5 Å². The molecule has 1 aromatic heterocycles. The molecule has 0 spiro atoms. The number of aliphatic hydroxyl groups is 1. The number of aromatic amines is 1. The van der Waals surface area contributed by atoms with Gasteiger partial charge in [0.05, 0.1) is 0 Å². The zero-order valence-corrected chi connectivity index (χ0v) is 7.80. The van der Waals surface area contributed by atoms with Crippen LogP contribution < -0.4 is 5.32 Å². The van der Waals surface area contributed by atoms with Crippen LogP contribution in [0.15, 0.2) is 12.3 Å². The van der Waals surface area contributed by atoms with E-state index in [9.17, 15) is 9.59 Å². The molecular weight excluding hydrogens is 202 g/mol. The van der Waals surface area contributed by atoms with Crippen molar-refractivity contribution >= 4 is 11.9 Å². The number of aliphatic carboxylic acids is 1. The summed E-state index contributed by atoms with van der Waals surface area (Å²) >= 11 is 0. The first kappa shape index (κ1) is 11.2. The van der Waals surface area contributed by atoms with E-state index >= 15 is 0 Å². The fraction of sp³-hybridized carbons (Fsp3) is 0.375. The van der Waals surface area contributed by atoms with E-state index in [-0.39, 0.29) is 18.7 Å². The number of nitrogens with one attached hydrogen (secondary N) is 2. The predicted octanol–water partition coefficient (Wildman–Crippen LogP) is -1.02. The molecule has 0 aliphatic heterocycles. The van der Waals surface area contributed by atoms with Crippen LogP contribution in [0.3, 0.4) is 0 Å². The van der Waals surface area contributed by atoms with Crippen molar-refractivity contribution in [3.8, 4) is 0 Å². The second kappa shape index (κ2) is 5.11. The third-order valence-corrected chi connectivity index (χ3v) is 1.77. The maximum Gasteiger partial charge on any atom is 0.326 e. The molecule has 0 bridgehead atoms. The van der Waals surface area contributed by atoms with Gasteiger partial charge in [0.15, 0.2) is 0 Å². The molecule has 1 amide bonds. The fourth-order valence-corrected chi connectivity index (χ4v) is 1.00. The fourth-order valence-electron chi connectivity index (χ4n) is 1.00. The van der Waals surface area contributed by atoms with Gasteiger partial charge in [0.25, 0.3) is 5.91 Å². The highest BCUT2D eigenvalue weighted by atomic mass is 16.4. The van der Waals surface area contributed by atoms with Crippen LogP contribution in [0.4, 0.5) is 0 Å². The molecule has 1 rings (SSSR count). The maximum atomic E-state index is 11.4. The average Bonchev–Trinajstić information content (AvgIpc) is 2.69. The molecule has 7 heteroatoms. The first-order valence-electron chi connectivity index (χ1n) is 4.29. The van der Waals surface area contributed by atoms with Crippen LogP contribution in [0.5, 0.6) is 0 Å². The molecule has 4 N–H and O–H groups in total. The van der Waals surface area contributed by atoms with Crippen molar-refractivity contribution in [1.29, 1.82) is 0 Å². The van der Waals surface area contributed by atoms with Crippen molar-refractivity contribution in [2.75, 3.05) is 6.61 Å². The van der Waals surface area contributed by atoms with Crippen LogP contribution in [0.1, 0.15) is 16.9 Å². The Kier molecular flexibility index (Phi) is 3.81. The van der Waals surface area contributed by atoms with Crippen LogP contribution >= 0.6 is 0 Å². The molecule has 0 radical (unpaired) electrons. The molecule has 0 aliphatic carbocycles. The molecule has 7 nitrogen and oxygen atoms in total. The van der Waals surface area contributed by atoms with Crippen molar-refractivity contribution in [2.24, 2.45) is 0 Å². The number of rotatable bonds is 5. The normalized spacial score (nSPS) is 12.1. The quantitative estimate of drug-likeness (QED) is 0.499. The maximum absolute atomic E-state index is 11.4. The number of hydrogen-bond acceptors (Lipinski definition) is 4. The highest BCUT2D eigenvalue weighted by Gasteiger charge is 2.20. The number of amides is 1. The lowest BCUT2D eigenvalue weighted by molar-refractivity contribution is -0.139. The highest BCUT2D eigenvalue weighted by Crippen LogP contribution is 1.96. The summed E-state index contributed by atoms with van der Waals surface area (Å²) in [4.78, 5) is 22.0. The SMILES string of the molecule is O=C(N[C@H](CCO)C(=O)O)c1ccn[nH]1. The molecule has 1 aromatic rings. The lowest BCUT2D eigenvalue weighted by Gasteiger charge is -2.11. The van der Waals surface area contributed by atoms with Gasteiger partial charge in [-0.1, -0.05) is 0 Å². The molecule has 0 aliphatic rings. The number of carboxylic acids is 1. The number of carboxylic acid groups (broad SMARTS) is 1. The molecule has 1 atom stereocenters. The zero-order chi connectivity index (χ0) is 11.3. The van der Waals surface area contributed by atoms with Crippen LogP contribution in [0.2, 0.25) is 0 Å². The Labute approximate surface area is 85.1 Å². The lowest BCUT2D eigenvalue weighted by Crippen LogP contribution is -2.41. The summed E-state index contributed by atoms with van der Waals surface area (Å²) in [5.41, 5.74) is 0.180. The monoisotopic (exact) mass is 213 g/mol. The summed E-state index contributed by atoms with van der Waals surface area (Å²) in [5, 5.41) is 25.5. The summed E-state index contributed by atoms with van der Waals surface area (Å²) in [5.74, 6) is -1.75. The van der Waals surface area contributed by atoms with Crippen LogP contribution in [-0.2, 0) is 4.79 Å². The summed E-state index contributed by atoms with van der Waals surface area (Å²) < 4.78 is 0. The topological polar surface area (TPSA) is 115 Å². The minimum atomic E-state index is -1.18. The first-order valence-corrected chi connectivity index (χ1v) is 4.29. The minimum absolute atomic E-state index is 0.0325. The van der Waals surface area contributed by atoms with Gasteiger partial charge in [-0.15, -0.1) is 0 Å². The number of hydrogen-bond donors (Lipinski definition) is 4. The van der Waals surface area contributed by atoms with E-state index in [2.05, 4.69) is 15.5 Å². The van der Waals surface area contributed by atoms with E-state index in [0.29, 0.717) is 0 Å². The number of aromatic nitrogens is 2. The van der Waals surface area contributed by atoms with E-state index in [0.717, 1.165) is 0 Å². The van der Waals surface area contributed by atoms with Gasteiger partial charge in [-0.3, -0.25) is 9.89 Å². The lowest BCUT2D eigenvalue weighted by atomic mass is 10.2. The molecule has 82 valence electrons. The van der Waals surface area contributed by atoms with Crippen LogP contribution in [0.25, 0.3) is 0 Å². The van der Waals surface area contributed by atoms with Crippen molar-refractivity contribution in [1.82, 2.24) is 15.5 Å². The summed E-state index contributed by atoms with van der Waals surface area (Å²) in [6.07, 6.45) is 1.35. The number of nitrogens with zero attached hydrogens (tertiary/aromatic N) is 1. The third-order valence-electron chi connectivity index (χ3n) is 1.77. The molecule has 0 fully saturated rings. The summed E-state index contributed by atoms with van der Waals surface area (Å²) in [6, 6.07) is 0.332. The number of carbonyl (C=O) groups excluding carboxylic acids is 1. The van der Waals surface area contributed by atoms with Crippen LogP contribution in [0, 0.1) is 0 Å². The van der Waals surface area contributed by atoms with Crippen molar-refractivity contribution in [3.05, 3.63) is 18.0 Å². The van der Waals surface area contributed by atoms with Gasteiger partial charge in [0, 0.05) is 19.2 Å². The van der Waals surface area contributed by atoms with Crippen molar-refractivity contribution < 1.29 is 19.8 Å². The van der Waals surface area contributed by atoms with Gasteiger partial charge in [-0.25, -0.2) is 4.79 Å². The molecule has 15 heavy (non-hydrogen) atoms. The van der Waals surface area contributed by atoms with Crippen LogP contribution in [-0.4, -0.2) is 44.9 Å². The highest BCUT2D eigenvalue weighted by molar-refractivity contribution is 5.94. The molecule has 0 saturated carbocycles. The van der Waals surface area contributed by atoms with Gasteiger partial charge in [-0.05, 0) is 6.07 Å². The Morgan fingerprint density at radius 3 is 2.80 bits per heavy atom. The smallest absolute Gasteiger partial charge is 0.326 e. The van der Waals surface area contributed by atoms with Gasteiger partial charge in [0.1, 0.15) is 11.7 Å². The largest absolute Gasteiger partial charge is 0.480 e. The second-order valence-corrected chi connectivity index (χ2v) is 2.85. The Morgan fingerprint density at radius 1 is 1.60 bits per heavy atom. The zero-order valence-electron chi connectivity index (χ0n) is 7.80. The Balaban J connectivity index is 2.59. The molecule has 0 unspecified atom stereocenters. The van der Waals surface area contributed by atoms with Gasteiger partial charge >= 0.3 is 5.97 Å².